The van der Waals surface area contributed by atoms with Gasteiger partial charge in [0.05, 0.1) is 6.20 Å². The Kier molecular flexibility index (Phi) is 4.91. The van der Waals surface area contributed by atoms with Crippen LogP contribution in [0.1, 0.15) is 39.5 Å². The third-order valence-corrected chi connectivity index (χ3v) is 5.25. The molecule has 1 saturated carbocycles. The van der Waals surface area contributed by atoms with Crippen LogP contribution in [0.2, 0.25) is 0 Å². The van der Waals surface area contributed by atoms with Crippen LogP contribution in [0, 0.1) is 11.8 Å². The Hall–Kier alpha value is -0.940. The molecule has 1 saturated heterocycles. The summed E-state index contributed by atoms with van der Waals surface area (Å²) in [4.78, 5) is 2.68. The van der Waals surface area contributed by atoms with Crippen LogP contribution in [-0.2, 0) is 6.54 Å². The maximum absolute atomic E-state index is 4.02. The number of hydrogen-bond acceptors (Lipinski definition) is 4. The molecule has 5 heteroatoms. The number of nitrogens with zero attached hydrogens (tertiary/aromatic N) is 4. The third-order valence-electron chi connectivity index (χ3n) is 5.25. The molecule has 2 bridgehead atoms. The van der Waals surface area contributed by atoms with E-state index < -0.39 is 0 Å². The fraction of sp³-hybridized carbons (Fsp3) is 0.875. The van der Waals surface area contributed by atoms with Crippen LogP contribution >= 0.6 is 0 Å². The molecule has 0 amide bonds. The van der Waals surface area contributed by atoms with Crippen molar-refractivity contribution in [3.8, 4) is 0 Å². The number of aromatic nitrogens is 3. The molecule has 1 aliphatic carbocycles. The van der Waals surface area contributed by atoms with Crippen molar-refractivity contribution in [2.24, 2.45) is 11.8 Å². The summed E-state index contributed by atoms with van der Waals surface area (Å²) < 4.78 is 1.92. The standard InChI is InChI=1S/C16H29N5/c1-13(2)20-11-14-5-3-6-15(12-20)16(14)17-7-4-9-21-10-8-18-19-21/h8,10,13-17H,3-7,9,11-12H2,1-2H3. The van der Waals surface area contributed by atoms with Gasteiger partial charge in [-0.2, -0.15) is 0 Å². The van der Waals surface area contributed by atoms with E-state index in [9.17, 15) is 0 Å². The Labute approximate surface area is 128 Å². The van der Waals surface area contributed by atoms with Gasteiger partial charge in [0, 0.05) is 37.9 Å². The van der Waals surface area contributed by atoms with Crippen LogP contribution in [-0.4, -0.2) is 51.6 Å². The van der Waals surface area contributed by atoms with Crippen molar-refractivity contribution < 1.29 is 0 Å². The maximum atomic E-state index is 4.02. The summed E-state index contributed by atoms with van der Waals surface area (Å²) in [5, 5.41) is 11.7. The van der Waals surface area contributed by atoms with E-state index in [1.165, 1.54) is 32.4 Å². The molecule has 118 valence electrons. The smallest absolute Gasteiger partial charge is 0.0692 e. The first-order valence-electron chi connectivity index (χ1n) is 8.55. The van der Waals surface area contributed by atoms with Gasteiger partial charge in [0.15, 0.2) is 0 Å². The Bertz CT molecular complexity index is 402. The van der Waals surface area contributed by atoms with Crippen LogP contribution in [0.15, 0.2) is 12.4 Å². The van der Waals surface area contributed by atoms with Gasteiger partial charge in [-0.05, 0) is 51.5 Å². The van der Waals surface area contributed by atoms with E-state index in [1.54, 1.807) is 6.20 Å². The zero-order valence-electron chi connectivity index (χ0n) is 13.4. The lowest BCUT2D eigenvalue weighted by Crippen LogP contribution is -2.58. The number of piperidine rings is 1. The highest BCUT2D eigenvalue weighted by atomic mass is 15.4. The molecule has 2 fully saturated rings. The molecule has 0 aromatic carbocycles. The minimum Gasteiger partial charge on any atom is -0.313 e. The van der Waals surface area contributed by atoms with E-state index >= 15 is 0 Å². The predicted octanol–water partition coefficient (Wildman–Crippen LogP) is 1.77. The number of aryl methyl sites for hydroxylation is 1. The van der Waals surface area contributed by atoms with Gasteiger partial charge in [-0.3, -0.25) is 4.68 Å². The van der Waals surface area contributed by atoms with Crippen LogP contribution < -0.4 is 5.32 Å². The average Bonchev–Trinajstić information content (AvgIpc) is 2.95. The zero-order chi connectivity index (χ0) is 14.7. The predicted molar refractivity (Wildman–Crippen MR) is 84.0 cm³/mol. The Morgan fingerprint density at radius 2 is 2.00 bits per heavy atom. The van der Waals surface area contributed by atoms with Crippen molar-refractivity contribution in [2.45, 2.75) is 58.2 Å². The number of rotatable bonds is 6. The average molecular weight is 291 g/mol. The van der Waals surface area contributed by atoms with Crippen molar-refractivity contribution >= 4 is 0 Å². The molecule has 3 rings (SSSR count). The topological polar surface area (TPSA) is 46.0 Å². The van der Waals surface area contributed by atoms with Gasteiger partial charge in [-0.1, -0.05) is 11.6 Å². The molecular weight excluding hydrogens is 262 g/mol. The lowest BCUT2D eigenvalue weighted by atomic mass is 9.73. The summed E-state index contributed by atoms with van der Waals surface area (Å²) in [7, 11) is 0. The van der Waals surface area contributed by atoms with Crippen LogP contribution in [0.5, 0.6) is 0 Å². The van der Waals surface area contributed by atoms with Crippen LogP contribution in [0.3, 0.4) is 0 Å². The van der Waals surface area contributed by atoms with Gasteiger partial charge < -0.3 is 10.2 Å². The van der Waals surface area contributed by atoms with Crippen LogP contribution in [0.25, 0.3) is 0 Å². The summed E-state index contributed by atoms with van der Waals surface area (Å²) in [6.07, 6.45) is 9.06. The molecule has 2 heterocycles. The molecule has 21 heavy (non-hydrogen) atoms. The quantitative estimate of drug-likeness (QED) is 0.811. The minimum atomic E-state index is 0.696. The lowest BCUT2D eigenvalue weighted by Gasteiger charge is -2.49. The molecule has 1 aromatic rings. The largest absolute Gasteiger partial charge is 0.313 e. The molecule has 2 atom stereocenters. The molecule has 5 nitrogen and oxygen atoms in total. The van der Waals surface area contributed by atoms with E-state index in [4.69, 9.17) is 0 Å². The molecule has 2 aliphatic rings. The monoisotopic (exact) mass is 291 g/mol. The molecule has 0 spiro atoms. The number of nitrogens with one attached hydrogen (secondary N) is 1. The van der Waals surface area contributed by atoms with E-state index in [2.05, 4.69) is 34.4 Å². The van der Waals surface area contributed by atoms with E-state index in [0.29, 0.717) is 6.04 Å². The van der Waals surface area contributed by atoms with Gasteiger partial charge in [0.25, 0.3) is 0 Å². The first-order chi connectivity index (χ1) is 10.2. The van der Waals surface area contributed by atoms with E-state index in [1.807, 2.05) is 10.9 Å². The Morgan fingerprint density at radius 1 is 1.24 bits per heavy atom. The second-order valence-electron chi connectivity index (χ2n) is 7.00. The Morgan fingerprint density at radius 3 is 2.62 bits per heavy atom. The Balaban J connectivity index is 1.46. The molecule has 1 aliphatic heterocycles. The van der Waals surface area contributed by atoms with E-state index in [0.717, 1.165) is 37.4 Å². The van der Waals surface area contributed by atoms with Gasteiger partial charge in [0.2, 0.25) is 0 Å². The third kappa shape index (κ3) is 3.64. The van der Waals surface area contributed by atoms with E-state index in [-0.39, 0.29) is 0 Å². The summed E-state index contributed by atoms with van der Waals surface area (Å²) in [5.41, 5.74) is 0. The molecule has 1 aromatic heterocycles. The first kappa shape index (κ1) is 15.0. The van der Waals surface area contributed by atoms with Gasteiger partial charge in [-0.25, -0.2) is 0 Å². The fourth-order valence-electron chi connectivity index (χ4n) is 4.09. The molecule has 0 radical (unpaired) electrons. The minimum absolute atomic E-state index is 0.696. The zero-order valence-corrected chi connectivity index (χ0v) is 13.4. The highest BCUT2D eigenvalue weighted by molar-refractivity contribution is 4.95. The van der Waals surface area contributed by atoms with Gasteiger partial charge >= 0.3 is 0 Å². The summed E-state index contributed by atoms with van der Waals surface area (Å²) in [5.74, 6) is 1.71. The molecule has 1 N–H and O–H groups in total. The second kappa shape index (κ2) is 6.88. The van der Waals surface area contributed by atoms with Crippen molar-refractivity contribution in [2.75, 3.05) is 19.6 Å². The normalized spacial score (nSPS) is 30.0. The first-order valence-corrected chi connectivity index (χ1v) is 8.55. The number of likely N-dealkylation sites (tertiary alicyclic amines) is 1. The SMILES string of the molecule is CC(C)N1CC2CCCC(C1)C2NCCCn1ccnn1. The van der Waals surface area contributed by atoms with Crippen molar-refractivity contribution in [3.05, 3.63) is 12.4 Å². The van der Waals surface area contributed by atoms with Crippen LogP contribution in [0.4, 0.5) is 0 Å². The fourth-order valence-corrected chi connectivity index (χ4v) is 4.09. The number of hydrogen-bond donors (Lipinski definition) is 1. The van der Waals surface area contributed by atoms with Gasteiger partial charge in [-0.15, -0.1) is 5.10 Å². The maximum Gasteiger partial charge on any atom is 0.0692 e. The highest BCUT2D eigenvalue weighted by Gasteiger charge is 2.39. The van der Waals surface area contributed by atoms with Crippen molar-refractivity contribution in [1.29, 1.82) is 0 Å². The lowest BCUT2D eigenvalue weighted by molar-refractivity contribution is 0.0296. The van der Waals surface area contributed by atoms with Crippen molar-refractivity contribution in [3.63, 3.8) is 0 Å². The van der Waals surface area contributed by atoms with Crippen molar-refractivity contribution in [1.82, 2.24) is 25.2 Å². The number of fused-ring (bicyclic) bond motifs is 2. The summed E-state index contributed by atoms with van der Waals surface area (Å²) in [6, 6.07) is 1.44. The second-order valence-corrected chi connectivity index (χ2v) is 7.00. The summed E-state index contributed by atoms with van der Waals surface area (Å²) >= 11 is 0. The van der Waals surface area contributed by atoms with Gasteiger partial charge in [0.1, 0.15) is 0 Å². The highest BCUT2D eigenvalue weighted by Crippen LogP contribution is 2.35. The molecular formula is C16H29N5. The summed E-state index contributed by atoms with van der Waals surface area (Å²) in [6.45, 7) is 9.30. The molecule has 2 unspecified atom stereocenters.